The highest BCUT2D eigenvalue weighted by atomic mass is 16.3. The Labute approximate surface area is 160 Å². The van der Waals surface area contributed by atoms with Crippen LogP contribution in [0.25, 0.3) is 0 Å². The zero-order valence-electron chi connectivity index (χ0n) is 15.4. The van der Waals surface area contributed by atoms with Crippen molar-refractivity contribution in [1.82, 2.24) is 10.2 Å². The fourth-order valence-corrected chi connectivity index (χ4v) is 3.44. The van der Waals surface area contributed by atoms with Crippen molar-refractivity contribution in [3.8, 4) is 5.75 Å². The summed E-state index contributed by atoms with van der Waals surface area (Å²) in [6, 6.07) is 17.0. The Morgan fingerprint density at radius 3 is 2.37 bits per heavy atom. The number of benzene rings is 2. The van der Waals surface area contributed by atoms with E-state index in [1.165, 1.54) is 0 Å². The van der Waals surface area contributed by atoms with Gasteiger partial charge >= 0.3 is 0 Å². The number of piperidine rings is 1. The molecule has 5 nitrogen and oxygen atoms in total. The Balaban J connectivity index is 1.40. The van der Waals surface area contributed by atoms with Crippen LogP contribution in [0.4, 0.5) is 0 Å². The van der Waals surface area contributed by atoms with E-state index < -0.39 is 0 Å². The number of para-hydroxylation sites is 1. The van der Waals surface area contributed by atoms with Crippen molar-refractivity contribution < 1.29 is 14.7 Å². The molecule has 1 saturated heterocycles. The zero-order chi connectivity index (χ0) is 19.1. The fourth-order valence-electron chi connectivity index (χ4n) is 3.44. The van der Waals surface area contributed by atoms with Crippen LogP contribution in [-0.4, -0.2) is 34.9 Å². The molecule has 0 unspecified atom stereocenters. The highest BCUT2D eigenvalue weighted by Crippen LogP contribution is 2.21. The van der Waals surface area contributed by atoms with Gasteiger partial charge in [-0.05, 0) is 36.5 Å². The molecule has 2 N–H and O–H groups in total. The molecule has 1 heterocycles. The molecule has 0 aliphatic carbocycles. The Morgan fingerprint density at radius 1 is 1.00 bits per heavy atom. The Hall–Kier alpha value is -2.82. The van der Waals surface area contributed by atoms with Gasteiger partial charge in [-0.15, -0.1) is 0 Å². The molecule has 5 heteroatoms. The molecule has 2 aromatic rings. The monoisotopic (exact) mass is 366 g/mol. The second kappa shape index (κ2) is 9.21. The number of rotatable bonds is 6. The average molecular weight is 366 g/mol. The number of nitrogens with zero attached hydrogens (tertiary/aromatic N) is 1. The summed E-state index contributed by atoms with van der Waals surface area (Å²) in [6.07, 6.45) is 2.30. The molecule has 0 atom stereocenters. The van der Waals surface area contributed by atoms with Crippen LogP contribution in [0.15, 0.2) is 54.6 Å². The second-order valence-electron chi connectivity index (χ2n) is 6.99. The summed E-state index contributed by atoms with van der Waals surface area (Å²) >= 11 is 0. The average Bonchev–Trinajstić information content (AvgIpc) is 2.72. The number of aryl methyl sites for hydroxylation is 1. The third kappa shape index (κ3) is 5.33. The predicted octanol–water partition coefficient (Wildman–Crippen LogP) is 2.88. The molecule has 3 rings (SSSR count). The largest absolute Gasteiger partial charge is 0.508 e. The van der Waals surface area contributed by atoms with Crippen molar-refractivity contribution >= 4 is 11.8 Å². The van der Waals surface area contributed by atoms with Gasteiger partial charge in [0.25, 0.3) is 0 Å². The first-order valence-corrected chi connectivity index (χ1v) is 9.50. The van der Waals surface area contributed by atoms with Crippen LogP contribution in [0.3, 0.4) is 0 Å². The molecule has 2 aromatic carbocycles. The lowest BCUT2D eigenvalue weighted by Crippen LogP contribution is -2.43. The van der Waals surface area contributed by atoms with E-state index in [1.54, 1.807) is 12.1 Å². The lowest BCUT2D eigenvalue weighted by atomic mass is 9.95. The number of carbonyl (C=O) groups is 2. The third-order valence-electron chi connectivity index (χ3n) is 5.13. The summed E-state index contributed by atoms with van der Waals surface area (Å²) in [4.78, 5) is 26.6. The van der Waals surface area contributed by atoms with Crippen LogP contribution in [0.5, 0.6) is 5.75 Å². The van der Waals surface area contributed by atoms with Crippen molar-refractivity contribution in [3.05, 3.63) is 65.7 Å². The third-order valence-corrected chi connectivity index (χ3v) is 5.13. The normalized spacial score (nSPS) is 14.7. The highest BCUT2D eigenvalue weighted by molar-refractivity contribution is 5.80. The van der Waals surface area contributed by atoms with Gasteiger partial charge in [0.2, 0.25) is 11.8 Å². The summed E-state index contributed by atoms with van der Waals surface area (Å²) in [7, 11) is 0. The SMILES string of the molecule is O=C(NCc1ccccc1)C1CCN(C(=O)CCc2ccccc2O)CC1. The van der Waals surface area contributed by atoms with E-state index in [4.69, 9.17) is 0 Å². The Morgan fingerprint density at radius 2 is 1.67 bits per heavy atom. The number of likely N-dealkylation sites (tertiary alicyclic amines) is 1. The summed E-state index contributed by atoms with van der Waals surface area (Å²) in [5.74, 6) is 0.358. The van der Waals surface area contributed by atoms with Gasteiger partial charge in [-0.1, -0.05) is 48.5 Å². The first-order chi connectivity index (χ1) is 13.1. The number of hydrogen-bond donors (Lipinski definition) is 2. The molecule has 0 radical (unpaired) electrons. The predicted molar refractivity (Wildman–Crippen MR) is 104 cm³/mol. The first-order valence-electron chi connectivity index (χ1n) is 9.50. The molecule has 0 aromatic heterocycles. The molecular formula is C22H26N2O3. The smallest absolute Gasteiger partial charge is 0.223 e. The van der Waals surface area contributed by atoms with Crippen LogP contribution in [0.2, 0.25) is 0 Å². The van der Waals surface area contributed by atoms with Crippen LogP contribution in [0, 0.1) is 5.92 Å². The van der Waals surface area contributed by atoms with E-state index in [0.29, 0.717) is 45.3 Å². The van der Waals surface area contributed by atoms with Gasteiger partial charge in [-0.25, -0.2) is 0 Å². The minimum atomic E-state index is -0.0315. The number of carbonyl (C=O) groups excluding carboxylic acids is 2. The molecule has 1 aliphatic heterocycles. The van der Waals surface area contributed by atoms with E-state index in [2.05, 4.69) is 5.32 Å². The van der Waals surface area contributed by atoms with Gasteiger partial charge in [0, 0.05) is 32.0 Å². The highest BCUT2D eigenvalue weighted by Gasteiger charge is 2.27. The molecule has 142 valence electrons. The Bertz CT molecular complexity index is 768. The van der Waals surface area contributed by atoms with Crippen LogP contribution >= 0.6 is 0 Å². The van der Waals surface area contributed by atoms with Gasteiger partial charge in [0.15, 0.2) is 0 Å². The van der Waals surface area contributed by atoms with Crippen molar-refractivity contribution in [2.75, 3.05) is 13.1 Å². The zero-order valence-corrected chi connectivity index (χ0v) is 15.4. The maximum Gasteiger partial charge on any atom is 0.223 e. The van der Waals surface area contributed by atoms with E-state index >= 15 is 0 Å². The van der Waals surface area contributed by atoms with E-state index in [-0.39, 0.29) is 23.5 Å². The number of hydrogen-bond acceptors (Lipinski definition) is 3. The topological polar surface area (TPSA) is 69.6 Å². The minimum absolute atomic E-state index is 0.0315. The lowest BCUT2D eigenvalue weighted by molar-refractivity contribution is -0.135. The second-order valence-corrected chi connectivity index (χ2v) is 6.99. The number of phenolic OH excluding ortho intramolecular Hbond substituents is 1. The molecule has 2 amide bonds. The molecule has 0 saturated carbocycles. The molecule has 1 aliphatic rings. The lowest BCUT2D eigenvalue weighted by Gasteiger charge is -2.31. The van der Waals surface area contributed by atoms with Crippen molar-refractivity contribution in [3.63, 3.8) is 0 Å². The summed E-state index contributed by atoms with van der Waals surface area (Å²) < 4.78 is 0. The van der Waals surface area contributed by atoms with Crippen LogP contribution < -0.4 is 5.32 Å². The van der Waals surface area contributed by atoms with E-state index in [1.807, 2.05) is 47.4 Å². The Kier molecular flexibility index (Phi) is 6.47. The van der Waals surface area contributed by atoms with Crippen molar-refractivity contribution in [2.45, 2.75) is 32.2 Å². The number of phenols is 1. The summed E-state index contributed by atoms with van der Waals surface area (Å²) in [5, 5.41) is 12.8. The standard InChI is InChI=1S/C22H26N2O3/c25-20-9-5-4-8-18(20)10-11-21(26)24-14-12-19(13-15-24)22(27)23-16-17-6-2-1-3-7-17/h1-9,19,25H,10-16H2,(H,23,27). The van der Waals surface area contributed by atoms with Gasteiger partial charge in [-0.2, -0.15) is 0 Å². The number of nitrogens with one attached hydrogen (secondary N) is 1. The van der Waals surface area contributed by atoms with Crippen molar-refractivity contribution in [1.29, 1.82) is 0 Å². The van der Waals surface area contributed by atoms with Gasteiger partial charge in [-0.3, -0.25) is 9.59 Å². The van der Waals surface area contributed by atoms with Crippen LogP contribution in [0.1, 0.15) is 30.4 Å². The molecule has 27 heavy (non-hydrogen) atoms. The van der Waals surface area contributed by atoms with Crippen molar-refractivity contribution in [2.24, 2.45) is 5.92 Å². The molecule has 1 fully saturated rings. The minimum Gasteiger partial charge on any atom is -0.508 e. The fraction of sp³-hybridized carbons (Fsp3) is 0.364. The quantitative estimate of drug-likeness (QED) is 0.826. The maximum absolute atomic E-state index is 12.4. The number of aromatic hydroxyl groups is 1. The number of amides is 2. The molecule has 0 spiro atoms. The summed E-state index contributed by atoms with van der Waals surface area (Å²) in [5.41, 5.74) is 1.88. The van der Waals surface area contributed by atoms with Crippen LogP contribution in [-0.2, 0) is 22.6 Å². The van der Waals surface area contributed by atoms with E-state index in [0.717, 1.165) is 11.1 Å². The maximum atomic E-state index is 12.4. The van der Waals surface area contributed by atoms with Gasteiger partial charge in [0.05, 0.1) is 0 Å². The molecular weight excluding hydrogens is 340 g/mol. The van der Waals surface area contributed by atoms with Gasteiger partial charge in [0.1, 0.15) is 5.75 Å². The first kappa shape index (κ1) is 19.0. The summed E-state index contributed by atoms with van der Waals surface area (Å²) in [6.45, 7) is 1.77. The van der Waals surface area contributed by atoms with Gasteiger partial charge < -0.3 is 15.3 Å². The molecule has 0 bridgehead atoms. The van der Waals surface area contributed by atoms with E-state index in [9.17, 15) is 14.7 Å².